The highest BCUT2D eigenvalue weighted by Gasteiger charge is 1.99. The highest BCUT2D eigenvalue weighted by atomic mass is 14.1. The SMILES string of the molecule is CCCCCCCCCCCCCCCCCCCCCCCCC.CCCCCCCCCCCCCCCCCCCCCCCCCCCCCCCCCCCC. The van der Waals surface area contributed by atoms with Gasteiger partial charge in [-0.2, -0.15) is 0 Å². The summed E-state index contributed by atoms with van der Waals surface area (Å²) in [4.78, 5) is 0. The van der Waals surface area contributed by atoms with Crippen molar-refractivity contribution < 1.29 is 0 Å². The molecule has 0 atom stereocenters. The summed E-state index contributed by atoms with van der Waals surface area (Å²) in [7, 11) is 0. The van der Waals surface area contributed by atoms with Gasteiger partial charge in [0.25, 0.3) is 0 Å². The number of hydrogen-bond donors (Lipinski definition) is 0. The largest absolute Gasteiger partial charge is 0.0654 e. The molecule has 0 heteroatoms. The average Bonchev–Trinajstić information content (AvgIpc) is 3.27. The summed E-state index contributed by atoms with van der Waals surface area (Å²) in [6, 6.07) is 0. The zero-order chi connectivity index (χ0) is 44.3. The third-order valence-corrected chi connectivity index (χ3v) is 14.2. The van der Waals surface area contributed by atoms with E-state index >= 15 is 0 Å². The minimum atomic E-state index is 1.37. The van der Waals surface area contributed by atoms with E-state index < -0.39 is 0 Å². The van der Waals surface area contributed by atoms with Crippen LogP contribution in [0.4, 0.5) is 0 Å². The molecule has 0 rings (SSSR count). The van der Waals surface area contributed by atoms with Gasteiger partial charge in [-0.25, -0.2) is 0 Å². The first-order chi connectivity index (χ1) is 30.3. The van der Waals surface area contributed by atoms with Gasteiger partial charge in [-0.15, -0.1) is 0 Å². The van der Waals surface area contributed by atoms with Gasteiger partial charge >= 0.3 is 0 Å². The van der Waals surface area contributed by atoms with Crippen LogP contribution in [0.3, 0.4) is 0 Å². The van der Waals surface area contributed by atoms with Crippen LogP contribution < -0.4 is 0 Å². The topological polar surface area (TPSA) is 0 Å². The van der Waals surface area contributed by atoms with Gasteiger partial charge in [-0.1, -0.05) is 394 Å². The molecule has 0 aliphatic rings. The van der Waals surface area contributed by atoms with Crippen molar-refractivity contribution in [1.29, 1.82) is 0 Å². The number of hydrogen-bond acceptors (Lipinski definition) is 0. The van der Waals surface area contributed by atoms with Crippen LogP contribution in [0, 0.1) is 0 Å². The average molecular weight is 860 g/mol. The Kier molecular flexibility index (Phi) is 66.5. The van der Waals surface area contributed by atoms with Crippen LogP contribution in [0.1, 0.15) is 394 Å². The van der Waals surface area contributed by atoms with Crippen LogP contribution in [-0.4, -0.2) is 0 Å². The Bertz CT molecular complexity index is 609. The molecule has 0 radical (unpaired) electrons. The predicted octanol–water partition coefficient (Wildman–Crippen LogP) is 24.3. The maximum atomic E-state index is 2.31. The molecule has 0 saturated heterocycles. The van der Waals surface area contributed by atoms with Gasteiger partial charge in [-0.05, 0) is 0 Å². The Balaban J connectivity index is 0. The molecule has 0 amide bonds. The summed E-state index contributed by atoms with van der Waals surface area (Å²) in [5.41, 5.74) is 0. The fourth-order valence-corrected chi connectivity index (χ4v) is 9.66. The lowest BCUT2D eigenvalue weighted by atomic mass is 10.0. The van der Waals surface area contributed by atoms with Gasteiger partial charge in [0.2, 0.25) is 0 Å². The first-order valence-corrected chi connectivity index (χ1v) is 30.3. The highest BCUT2D eigenvalue weighted by Crippen LogP contribution is 2.19. The third-order valence-electron chi connectivity index (χ3n) is 14.2. The van der Waals surface area contributed by atoms with Gasteiger partial charge in [0.1, 0.15) is 0 Å². The van der Waals surface area contributed by atoms with E-state index in [1.165, 1.54) is 366 Å². The summed E-state index contributed by atoms with van der Waals surface area (Å²) in [6.45, 7) is 9.22. The summed E-state index contributed by atoms with van der Waals surface area (Å²) in [5, 5.41) is 0. The molecule has 0 aromatic rings. The Labute approximate surface area is 392 Å². The van der Waals surface area contributed by atoms with E-state index in [4.69, 9.17) is 0 Å². The van der Waals surface area contributed by atoms with E-state index in [0.717, 1.165) is 0 Å². The smallest absolute Gasteiger partial charge is 0.0533 e. The van der Waals surface area contributed by atoms with Crippen LogP contribution in [-0.2, 0) is 0 Å². The van der Waals surface area contributed by atoms with Crippen molar-refractivity contribution in [1.82, 2.24) is 0 Å². The van der Waals surface area contributed by atoms with Crippen molar-refractivity contribution in [2.24, 2.45) is 0 Å². The van der Waals surface area contributed by atoms with Gasteiger partial charge in [-0.3, -0.25) is 0 Å². The second kappa shape index (κ2) is 64.3. The zero-order valence-electron chi connectivity index (χ0n) is 44.3. The Morgan fingerprint density at radius 3 is 0.180 bits per heavy atom. The van der Waals surface area contributed by atoms with E-state index in [0.29, 0.717) is 0 Å². The van der Waals surface area contributed by atoms with Crippen LogP contribution in [0.15, 0.2) is 0 Å². The van der Waals surface area contributed by atoms with Crippen LogP contribution >= 0.6 is 0 Å². The van der Waals surface area contributed by atoms with Crippen LogP contribution in [0.2, 0.25) is 0 Å². The van der Waals surface area contributed by atoms with E-state index in [-0.39, 0.29) is 0 Å². The molecule has 0 aromatic heterocycles. The summed E-state index contributed by atoms with van der Waals surface area (Å²) < 4.78 is 0. The van der Waals surface area contributed by atoms with Crippen molar-refractivity contribution in [3.05, 3.63) is 0 Å². The predicted molar refractivity (Wildman–Crippen MR) is 286 cm³/mol. The molecule has 0 saturated carbocycles. The van der Waals surface area contributed by atoms with Gasteiger partial charge in [0.15, 0.2) is 0 Å². The van der Waals surface area contributed by atoms with E-state index in [2.05, 4.69) is 27.7 Å². The monoisotopic (exact) mass is 859 g/mol. The lowest BCUT2D eigenvalue weighted by molar-refractivity contribution is 0.511. The van der Waals surface area contributed by atoms with Crippen molar-refractivity contribution in [3.8, 4) is 0 Å². The van der Waals surface area contributed by atoms with Crippen molar-refractivity contribution in [2.45, 2.75) is 394 Å². The molecule has 0 aliphatic carbocycles. The molecule has 0 nitrogen and oxygen atoms in total. The molecular weight excluding hydrogens is 733 g/mol. The maximum absolute atomic E-state index is 2.31. The Morgan fingerprint density at radius 2 is 0.131 bits per heavy atom. The van der Waals surface area contributed by atoms with Gasteiger partial charge < -0.3 is 0 Å². The number of unbranched alkanes of at least 4 members (excludes halogenated alkanes) is 55. The fourth-order valence-electron chi connectivity index (χ4n) is 9.66. The second-order valence-corrected chi connectivity index (χ2v) is 20.7. The Morgan fingerprint density at radius 1 is 0.0820 bits per heavy atom. The normalized spacial score (nSPS) is 11.4. The first kappa shape index (κ1) is 63.1. The molecule has 0 bridgehead atoms. The fraction of sp³-hybridized carbons (Fsp3) is 1.00. The molecule has 370 valence electrons. The molecule has 0 N–H and O–H groups in total. The molecular formula is C61H126. The summed E-state index contributed by atoms with van der Waals surface area (Å²) in [6.07, 6.45) is 84.3. The van der Waals surface area contributed by atoms with E-state index in [9.17, 15) is 0 Å². The van der Waals surface area contributed by atoms with Crippen molar-refractivity contribution in [3.63, 3.8) is 0 Å². The standard InChI is InChI=1S/C36H74.C25H52/c1-3-5-7-9-11-13-15-17-19-21-23-25-27-29-31-33-35-36-34-32-30-28-26-24-22-20-18-16-14-12-10-8-6-4-2;1-3-5-7-9-11-13-15-17-19-21-23-25-24-22-20-18-16-14-12-10-8-6-4-2/h3-36H2,1-2H3;3-25H2,1-2H3. The molecule has 0 aliphatic heterocycles. The number of rotatable bonds is 55. The van der Waals surface area contributed by atoms with Crippen molar-refractivity contribution in [2.75, 3.05) is 0 Å². The minimum Gasteiger partial charge on any atom is -0.0654 e. The van der Waals surface area contributed by atoms with Gasteiger partial charge in [0.05, 0.1) is 0 Å². The Hall–Kier alpha value is 0. The van der Waals surface area contributed by atoms with Gasteiger partial charge in [0, 0.05) is 0 Å². The van der Waals surface area contributed by atoms with Crippen LogP contribution in [0.25, 0.3) is 0 Å². The van der Waals surface area contributed by atoms with E-state index in [1.54, 1.807) is 0 Å². The molecule has 0 unspecified atom stereocenters. The lowest BCUT2D eigenvalue weighted by Gasteiger charge is -2.05. The summed E-state index contributed by atoms with van der Waals surface area (Å²) in [5.74, 6) is 0. The molecule has 61 heavy (non-hydrogen) atoms. The second-order valence-electron chi connectivity index (χ2n) is 20.7. The lowest BCUT2D eigenvalue weighted by Crippen LogP contribution is -1.85. The molecule has 0 heterocycles. The summed E-state index contributed by atoms with van der Waals surface area (Å²) >= 11 is 0. The molecule has 0 aromatic carbocycles. The third kappa shape index (κ3) is 66.7. The quantitative estimate of drug-likeness (QED) is 0.0535. The highest BCUT2D eigenvalue weighted by molar-refractivity contribution is 4.54. The zero-order valence-corrected chi connectivity index (χ0v) is 44.3. The molecule has 0 spiro atoms. The van der Waals surface area contributed by atoms with Crippen LogP contribution in [0.5, 0.6) is 0 Å². The molecule has 0 fully saturated rings. The maximum Gasteiger partial charge on any atom is -0.0533 e. The first-order valence-electron chi connectivity index (χ1n) is 30.3. The minimum absolute atomic E-state index is 1.37. The van der Waals surface area contributed by atoms with E-state index in [1.807, 2.05) is 0 Å². The van der Waals surface area contributed by atoms with Crippen molar-refractivity contribution >= 4 is 0 Å².